The highest BCUT2D eigenvalue weighted by molar-refractivity contribution is 5.97. The highest BCUT2D eigenvalue weighted by atomic mass is 16.5. The molecule has 232 valence electrons. The molecule has 1 atom stereocenters. The molecule has 0 saturated heterocycles. The molecule has 0 bridgehead atoms. The van der Waals surface area contributed by atoms with E-state index >= 15 is 0 Å². The van der Waals surface area contributed by atoms with Gasteiger partial charge in [-0.2, -0.15) is 0 Å². The van der Waals surface area contributed by atoms with E-state index in [0.29, 0.717) is 0 Å². The summed E-state index contributed by atoms with van der Waals surface area (Å²) in [6.07, 6.45) is 7.73. The van der Waals surface area contributed by atoms with Gasteiger partial charge in [0.15, 0.2) is 11.8 Å². The fourth-order valence-electron chi connectivity index (χ4n) is 6.71. The standard InChI is InChI=1S/C46H32N2O/c1-47-32-30-34-17-19-35(20-18-34)36-21-24-39(25-22-36)46(38-11-5-2-6-12-38)31-29-44-43-27-26-42(33-37(43)23-28-45(44)49-46)48(40-13-7-3-8-14-40)41-15-9-4-10-16-41/h2-33H/b32-30-. The predicted octanol–water partition coefficient (Wildman–Crippen LogP) is 12.2. The fourth-order valence-corrected chi connectivity index (χ4v) is 6.71. The zero-order chi connectivity index (χ0) is 33.0. The lowest BCUT2D eigenvalue weighted by molar-refractivity contribution is 0.161. The predicted molar refractivity (Wildman–Crippen MR) is 203 cm³/mol. The summed E-state index contributed by atoms with van der Waals surface area (Å²) >= 11 is 0. The van der Waals surface area contributed by atoms with E-state index in [-0.39, 0.29) is 0 Å². The number of hydrogen-bond donors (Lipinski definition) is 0. The first-order valence-corrected chi connectivity index (χ1v) is 16.4. The van der Waals surface area contributed by atoms with Crippen LogP contribution in [0.15, 0.2) is 182 Å². The van der Waals surface area contributed by atoms with E-state index in [1.54, 1.807) is 0 Å². The van der Waals surface area contributed by atoms with Crippen LogP contribution in [0, 0.1) is 6.57 Å². The second-order valence-electron chi connectivity index (χ2n) is 12.1. The van der Waals surface area contributed by atoms with Crippen molar-refractivity contribution in [3.05, 3.63) is 216 Å². The Kier molecular flexibility index (Phi) is 7.82. The maximum Gasteiger partial charge on any atom is 0.178 e. The van der Waals surface area contributed by atoms with Crippen molar-refractivity contribution in [2.45, 2.75) is 5.60 Å². The van der Waals surface area contributed by atoms with Gasteiger partial charge in [-0.05, 0) is 82.1 Å². The summed E-state index contributed by atoms with van der Waals surface area (Å²) in [5.41, 5.74) is 8.97. The summed E-state index contributed by atoms with van der Waals surface area (Å²) in [7, 11) is 0. The monoisotopic (exact) mass is 628 g/mol. The van der Waals surface area contributed by atoms with Crippen molar-refractivity contribution >= 4 is 40.0 Å². The summed E-state index contributed by atoms with van der Waals surface area (Å²) in [6, 6.07) is 59.2. The molecule has 3 heteroatoms. The van der Waals surface area contributed by atoms with Crippen LogP contribution in [-0.2, 0) is 5.60 Å². The molecule has 1 aliphatic heterocycles. The Morgan fingerprint density at radius 2 is 1.16 bits per heavy atom. The Labute approximate surface area is 287 Å². The molecule has 0 spiro atoms. The second kappa shape index (κ2) is 12.9. The van der Waals surface area contributed by atoms with Gasteiger partial charge in [-0.25, -0.2) is 4.85 Å². The molecule has 0 fully saturated rings. The molecule has 7 aromatic rings. The van der Waals surface area contributed by atoms with Crippen LogP contribution < -0.4 is 9.64 Å². The van der Waals surface area contributed by atoms with Gasteiger partial charge in [0.25, 0.3) is 0 Å². The molecule has 0 amide bonds. The number of ether oxygens (including phenoxy) is 1. The topological polar surface area (TPSA) is 16.8 Å². The largest absolute Gasteiger partial charge is 0.473 e. The second-order valence-corrected chi connectivity index (χ2v) is 12.1. The fraction of sp³-hybridized carbons (Fsp3) is 0.0217. The molecule has 0 saturated carbocycles. The molecular weight excluding hydrogens is 597 g/mol. The normalized spacial score (nSPS) is 15.0. The summed E-state index contributed by atoms with van der Waals surface area (Å²) in [5.74, 6) is 0.849. The first-order chi connectivity index (χ1) is 24.2. The van der Waals surface area contributed by atoms with Crippen molar-refractivity contribution in [1.29, 1.82) is 0 Å². The van der Waals surface area contributed by atoms with Crippen molar-refractivity contribution in [3.8, 4) is 16.9 Å². The minimum atomic E-state index is -0.785. The highest BCUT2D eigenvalue weighted by Gasteiger charge is 2.37. The first-order valence-electron chi connectivity index (χ1n) is 16.4. The van der Waals surface area contributed by atoms with E-state index in [1.807, 2.05) is 36.4 Å². The van der Waals surface area contributed by atoms with Gasteiger partial charge >= 0.3 is 0 Å². The summed E-state index contributed by atoms with van der Waals surface area (Å²) in [5, 5.41) is 2.29. The minimum Gasteiger partial charge on any atom is -0.473 e. The number of anilines is 3. The van der Waals surface area contributed by atoms with Gasteiger partial charge in [-0.1, -0.05) is 133 Å². The van der Waals surface area contributed by atoms with Gasteiger partial charge in [0, 0.05) is 33.8 Å². The maximum atomic E-state index is 7.09. The molecule has 0 aliphatic carbocycles. The summed E-state index contributed by atoms with van der Waals surface area (Å²) in [4.78, 5) is 5.60. The summed E-state index contributed by atoms with van der Waals surface area (Å²) < 4.78 is 7.09. The Bertz CT molecular complexity index is 2300. The van der Waals surface area contributed by atoms with Gasteiger partial charge in [0.05, 0.1) is 6.57 Å². The van der Waals surface area contributed by atoms with Crippen molar-refractivity contribution in [2.24, 2.45) is 0 Å². The van der Waals surface area contributed by atoms with Crippen molar-refractivity contribution < 1.29 is 4.74 Å². The van der Waals surface area contributed by atoms with E-state index in [2.05, 4.69) is 161 Å². The molecule has 7 aromatic carbocycles. The molecule has 3 nitrogen and oxygen atoms in total. The van der Waals surface area contributed by atoms with Crippen molar-refractivity contribution in [1.82, 2.24) is 0 Å². The van der Waals surface area contributed by atoms with Crippen molar-refractivity contribution in [2.75, 3.05) is 4.90 Å². The molecule has 49 heavy (non-hydrogen) atoms. The van der Waals surface area contributed by atoms with Crippen LogP contribution in [0.4, 0.5) is 17.1 Å². The third kappa shape index (κ3) is 5.67. The molecule has 8 rings (SSSR count). The number of nitrogens with zero attached hydrogens (tertiary/aromatic N) is 2. The molecule has 1 heterocycles. The molecule has 1 unspecified atom stereocenters. The van der Waals surface area contributed by atoms with E-state index in [4.69, 9.17) is 11.3 Å². The van der Waals surface area contributed by atoms with Crippen LogP contribution in [0.5, 0.6) is 5.75 Å². The van der Waals surface area contributed by atoms with E-state index in [1.165, 1.54) is 6.20 Å². The average molecular weight is 629 g/mol. The first kappa shape index (κ1) is 29.8. The van der Waals surface area contributed by atoms with E-state index in [9.17, 15) is 0 Å². The Morgan fingerprint density at radius 1 is 0.571 bits per heavy atom. The highest BCUT2D eigenvalue weighted by Crippen LogP contribution is 2.45. The van der Waals surface area contributed by atoms with Gasteiger partial charge in [0.2, 0.25) is 0 Å². The average Bonchev–Trinajstić information content (AvgIpc) is 3.18. The smallest absolute Gasteiger partial charge is 0.178 e. The summed E-state index contributed by atoms with van der Waals surface area (Å²) in [6.45, 7) is 6.98. The number of fused-ring (bicyclic) bond motifs is 3. The minimum absolute atomic E-state index is 0.785. The molecule has 0 N–H and O–H groups in total. The van der Waals surface area contributed by atoms with Crippen molar-refractivity contribution in [3.63, 3.8) is 0 Å². The Hall–Kier alpha value is -6.63. The zero-order valence-corrected chi connectivity index (χ0v) is 26.8. The van der Waals surface area contributed by atoms with Crippen LogP contribution in [0.2, 0.25) is 0 Å². The lowest BCUT2D eigenvalue weighted by atomic mass is 9.82. The SMILES string of the molecule is [C-]#[N+]/C=C\c1ccc(-c2ccc(C3(c4ccccc4)C=Cc4c(ccc5cc(N(c6ccccc6)c6ccccc6)ccc45)O3)cc2)cc1. The van der Waals surface area contributed by atoms with E-state index < -0.39 is 5.60 Å². The van der Waals surface area contributed by atoms with Gasteiger partial charge in [-0.3, -0.25) is 0 Å². The molecule has 1 aliphatic rings. The Balaban J connectivity index is 1.17. The number of benzene rings is 7. The third-order valence-corrected chi connectivity index (χ3v) is 9.15. The van der Waals surface area contributed by atoms with Crippen LogP contribution in [0.3, 0.4) is 0 Å². The van der Waals surface area contributed by atoms with Gasteiger partial charge in [-0.15, -0.1) is 0 Å². The third-order valence-electron chi connectivity index (χ3n) is 9.15. The maximum absolute atomic E-state index is 7.09. The Morgan fingerprint density at radius 3 is 1.80 bits per heavy atom. The molecule has 0 radical (unpaired) electrons. The lowest BCUT2D eigenvalue weighted by Gasteiger charge is -2.36. The van der Waals surface area contributed by atoms with Gasteiger partial charge in [0.1, 0.15) is 5.75 Å². The van der Waals surface area contributed by atoms with Crippen LogP contribution in [-0.4, -0.2) is 0 Å². The van der Waals surface area contributed by atoms with Crippen LogP contribution in [0.1, 0.15) is 22.3 Å². The van der Waals surface area contributed by atoms with Crippen LogP contribution >= 0.6 is 0 Å². The number of hydrogen-bond acceptors (Lipinski definition) is 2. The number of para-hydroxylation sites is 2. The molecular formula is C46H32N2O. The molecule has 0 aromatic heterocycles. The number of rotatable bonds is 7. The lowest BCUT2D eigenvalue weighted by Crippen LogP contribution is -2.34. The van der Waals surface area contributed by atoms with Crippen LogP contribution in [0.25, 0.3) is 38.9 Å². The van der Waals surface area contributed by atoms with Gasteiger partial charge < -0.3 is 9.64 Å². The van der Waals surface area contributed by atoms with E-state index in [0.717, 1.165) is 67.0 Å². The zero-order valence-electron chi connectivity index (χ0n) is 26.8. The quantitative estimate of drug-likeness (QED) is 0.163.